The van der Waals surface area contributed by atoms with E-state index >= 15 is 0 Å². The van der Waals surface area contributed by atoms with Crippen molar-refractivity contribution in [3.8, 4) is 0 Å². The minimum atomic E-state index is -1.01. The monoisotopic (exact) mass is 343 g/mol. The number of rotatable bonds is 8. The fourth-order valence-corrected chi connectivity index (χ4v) is 2.83. The van der Waals surface area contributed by atoms with Gasteiger partial charge in [0.15, 0.2) is 0 Å². The molecule has 0 aliphatic carbocycles. The van der Waals surface area contributed by atoms with Gasteiger partial charge in [-0.05, 0) is 43.0 Å². The van der Waals surface area contributed by atoms with Gasteiger partial charge in [0.2, 0.25) is 5.91 Å². The first-order chi connectivity index (χ1) is 11.6. The van der Waals surface area contributed by atoms with Crippen LogP contribution in [0.3, 0.4) is 0 Å². The van der Waals surface area contributed by atoms with Crippen molar-refractivity contribution in [1.29, 1.82) is 0 Å². The minimum Gasteiger partial charge on any atom is -0.478 e. The SMILES string of the molecule is O=C(O)c1cccc(NC(=O)C(CS)CCCc2ccccc2)c1. The maximum absolute atomic E-state index is 12.4. The van der Waals surface area contributed by atoms with Crippen LogP contribution < -0.4 is 5.32 Å². The molecule has 0 aliphatic rings. The number of carbonyl (C=O) groups excluding carboxylic acids is 1. The molecule has 2 N–H and O–H groups in total. The summed E-state index contributed by atoms with van der Waals surface area (Å²) in [5, 5.41) is 11.8. The summed E-state index contributed by atoms with van der Waals surface area (Å²) in [7, 11) is 0. The van der Waals surface area contributed by atoms with Gasteiger partial charge in [-0.15, -0.1) is 0 Å². The first-order valence-electron chi connectivity index (χ1n) is 7.89. The Morgan fingerprint density at radius 1 is 1.08 bits per heavy atom. The Bertz CT molecular complexity index is 688. The minimum absolute atomic E-state index is 0.124. The van der Waals surface area contributed by atoms with Gasteiger partial charge in [-0.25, -0.2) is 4.79 Å². The van der Waals surface area contributed by atoms with Crippen LogP contribution in [-0.4, -0.2) is 22.7 Å². The van der Waals surface area contributed by atoms with E-state index in [9.17, 15) is 9.59 Å². The third-order valence-corrected chi connectivity index (χ3v) is 4.27. The average Bonchev–Trinajstić information content (AvgIpc) is 2.59. The summed E-state index contributed by atoms with van der Waals surface area (Å²) >= 11 is 4.28. The number of aromatic carboxylic acids is 1. The summed E-state index contributed by atoms with van der Waals surface area (Å²) in [6.45, 7) is 0. The largest absolute Gasteiger partial charge is 0.478 e. The maximum Gasteiger partial charge on any atom is 0.335 e. The molecular weight excluding hydrogens is 322 g/mol. The number of carboxylic acid groups (broad SMARTS) is 1. The highest BCUT2D eigenvalue weighted by Crippen LogP contribution is 2.17. The number of nitrogens with one attached hydrogen (secondary N) is 1. The van der Waals surface area contributed by atoms with Crippen LogP contribution in [0.5, 0.6) is 0 Å². The second-order valence-electron chi connectivity index (χ2n) is 5.63. The maximum atomic E-state index is 12.4. The Balaban J connectivity index is 1.89. The van der Waals surface area contributed by atoms with Crippen molar-refractivity contribution < 1.29 is 14.7 Å². The van der Waals surface area contributed by atoms with Crippen LogP contribution in [0.25, 0.3) is 0 Å². The number of carbonyl (C=O) groups is 2. The predicted octanol–water partition coefficient (Wildman–Crippen LogP) is 3.89. The van der Waals surface area contributed by atoms with Gasteiger partial charge in [0, 0.05) is 17.4 Å². The smallest absolute Gasteiger partial charge is 0.335 e. The molecule has 0 saturated carbocycles. The van der Waals surface area contributed by atoms with Gasteiger partial charge in [-0.3, -0.25) is 4.79 Å². The van der Waals surface area contributed by atoms with Gasteiger partial charge in [-0.2, -0.15) is 12.6 Å². The molecule has 0 spiro atoms. The Kier molecular flexibility index (Phi) is 6.88. The topological polar surface area (TPSA) is 66.4 Å². The molecule has 2 rings (SSSR count). The molecule has 2 aromatic carbocycles. The highest BCUT2D eigenvalue weighted by molar-refractivity contribution is 7.80. The molecule has 2 aromatic rings. The molecule has 5 heteroatoms. The quantitative estimate of drug-likeness (QED) is 0.637. The molecule has 24 heavy (non-hydrogen) atoms. The van der Waals surface area contributed by atoms with E-state index in [1.165, 1.54) is 17.7 Å². The van der Waals surface area contributed by atoms with Gasteiger partial charge in [0.05, 0.1) is 5.56 Å². The Labute approximate surface area is 147 Å². The molecule has 0 bridgehead atoms. The molecule has 0 radical (unpaired) electrons. The molecule has 4 nitrogen and oxygen atoms in total. The van der Waals surface area contributed by atoms with E-state index in [4.69, 9.17) is 5.11 Å². The van der Waals surface area contributed by atoms with Crippen LogP contribution >= 0.6 is 12.6 Å². The lowest BCUT2D eigenvalue weighted by Gasteiger charge is -2.15. The number of carboxylic acids is 1. The first-order valence-corrected chi connectivity index (χ1v) is 8.52. The van der Waals surface area contributed by atoms with E-state index in [-0.39, 0.29) is 17.4 Å². The summed E-state index contributed by atoms with van der Waals surface area (Å²) in [6, 6.07) is 16.4. The van der Waals surface area contributed by atoms with Crippen molar-refractivity contribution in [2.75, 3.05) is 11.1 Å². The number of benzene rings is 2. The molecule has 0 saturated heterocycles. The standard InChI is InChI=1S/C19H21NO3S/c21-18(20-17-11-5-9-15(12-17)19(22)23)16(13-24)10-4-8-14-6-2-1-3-7-14/h1-3,5-7,9,11-12,16,24H,4,8,10,13H2,(H,20,21)(H,22,23). The molecule has 0 aliphatic heterocycles. The number of hydrogen-bond acceptors (Lipinski definition) is 3. The number of thiol groups is 1. The lowest BCUT2D eigenvalue weighted by atomic mass is 10.00. The zero-order valence-electron chi connectivity index (χ0n) is 13.3. The average molecular weight is 343 g/mol. The molecule has 1 amide bonds. The molecule has 0 heterocycles. The van der Waals surface area contributed by atoms with Crippen LogP contribution in [0.15, 0.2) is 54.6 Å². The Morgan fingerprint density at radius 2 is 1.83 bits per heavy atom. The summed E-state index contributed by atoms with van der Waals surface area (Å²) < 4.78 is 0. The van der Waals surface area contributed by atoms with Gasteiger partial charge in [0.1, 0.15) is 0 Å². The van der Waals surface area contributed by atoms with Crippen LogP contribution in [-0.2, 0) is 11.2 Å². The third kappa shape index (κ3) is 5.42. The van der Waals surface area contributed by atoms with Crippen LogP contribution in [0.1, 0.15) is 28.8 Å². The van der Waals surface area contributed by atoms with E-state index < -0.39 is 5.97 Å². The lowest BCUT2D eigenvalue weighted by Crippen LogP contribution is -2.24. The second kappa shape index (κ2) is 9.13. The van der Waals surface area contributed by atoms with Crippen molar-refractivity contribution in [1.82, 2.24) is 0 Å². The third-order valence-electron chi connectivity index (χ3n) is 3.83. The number of anilines is 1. The number of aryl methyl sites for hydroxylation is 1. The summed E-state index contributed by atoms with van der Waals surface area (Å²) in [6.07, 6.45) is 2.56. The van der Waals surface area contributed by atoms with Gasteiger partial charge >= 0.3 is 5.97 Å². The summed E-state index contributed by atoms with van der Waals surface area (Å²) in [4.78, 5) is 23.3. The lowest BCUT2D eigenvalue weighted by molar-refractivity contribution is -0.119. The van der Waals surface area contributed by atoms with Crippen LogP contribution in [0, 0.1) is 5.92 Å². The molecule has 1 unspecified atom stereocenters. The summed E-state index contributed by atoms with van der Waals surface area (Å²) in [5.74, 6) is -0.884. The number of hydrogen-bond donors (Lipinski definition) is 3. The van der Waals surface area contributed by atoms with E-state index in [2.05, 4.69) is 30.1 Å². The predicted molar refractivity (Wildman–Crippen MR) is 98.8 cm³/mol. The van der Waals surface area contributed by atoms with Crippen molar-refractivity contribution >= 4 is 30.2 Å². The van der Waals surface area contributed by atoms with E-state index in [0.29, 0.717) is 11.4 Å². The Morgan fingerprint density at radius 3 is 2.50 bits per heavy atom. The first kappa shape index (κ1) is 18.1. The fraction of sp³-hybridized carbons (Fsp3) is 0.263. The van der Waals surface area contributed by atoms with Gasteiger partial charge in [-0.1, -0.05) is 36.4 Å². The zero-order chi connectivity index (χ0) is 17.4. The second-order valence-corrected chi connectivity index (χ2v) is 6.00. The van der Waals surface area contributed by atoms with Crippen LogP contribution in [0.4, 0.5) is 5.69 Å². The Hall–Kier alpha value is -2.27. The fourth-order valence-electron chi connectivity index (χ4n) is 2.48. The number of amides is 1. The van der Waals surface area contributed by atoms with E-state index in [0.717, 1.165) is 19.3 Å². The molecular formula is C19H21NO3S. The molecule has 0 fully saturated rings. The van der Waals surface area contributed by atoms with Crippen LogP contribution in [0.2, 0.25) is 0 Å². The van der Waals surface area contributed by atoms with E-state index in [1.807, 2.05) is 18.2 Å². The zero-order valence-corrected chi connectivity index (χ0v) is 14.2. The van der Waals surface area contributed by atoms with Crippen molar-refractivity contribution in [3.05, 3.63) is 65.7 Å². The summed E-state index contributed by atoms with van der Waals surface area (Å²) in [5.41, 5.74) is 1.90. The van der Waals surface area contributed by atoms with E-state index in [1.54, 1.807) is 12.1 Å². The molecule has 126 valence electrons. The van der Waals surface area contributed by atoms with Crippen molar-refractivity contribution in [3.63, 3.8) is 0 Å². The highest BCUT2D eigenvalue weighted by atomic mass is 32.1. The van der Waals surface area contributed by atoms with Gasteiger partial charge < -0.3 is 10.4 Å². The normalized spacial score (nSPS) is 11.7. The highest BCUT2D eigenvalue weighted by Gasteiger charge is 2.17. The molecule has 0 aromatic heterocycles. The molecule has 1 atom stereocenters. The van der Waals surface area contributed by atoms with Crippen molar-refractivity contribution in [2.45, 2.75) is 19.3 Å². The van der Waals surface area contributed by atoms with Gasteiger partial charge in [0.25, 0.3) is 0 Å². The van der Waals surface area contributed by atoms with Crippen molar-refractivity contribution in [2.24, 2.45) is 5.92 Å².